The highest BCUT2D eigenvalue weighted by molar-refractivity contribution is 5.35. The smallest absolute Gasteiger partial charge is 0.00447 e. The molecule has 0 bridgehead atoms. The molecule has 0 nitrogen and oxygen atoms in total. The number of hydrogen-bond donors (Lipinski definition) is 0. The van der Waals surface area contributed by atoms with Gasteiger partial charge in [0, 0.05) is 5.41 Å². The van der Waals surface area contributed by atoms with Gasteiger partial charge in [-0.05, 0) is 48.1 Å². The summed E-state index contributed by atoms with van der Waals surface area (Å²) in [6, 6.07) is 22.5. The minimum Gasteiger partial charge on any atom is -0.0625 e. The van der Waals surface area contributed by atoms with Crippen molar-refractivity contribution in [1.82, 2.24) is 0 Å². The quantitative estimate of drug-likeness (QED) is 0.633. The summed E-state index contributed by atoms with van der Waals surface area (Å²) in [5.74, 6) is 2.09. The highest BCUT2D eigenvalue weighted by Crippen LogP contribution is 2.54. The first kappa shape index (κ1) is 15.3. The molecule has 22 heavy (non-hydrogen) atoms. The molecular weight excluding hydrogens is 264 g/mol. The lowest BCUT2D eigenvalue weighted by atomic mass is 9.54. The van der Waals surface area contributed by atoms with E-state index in [0.717, 1.165) is 5.92 Å². The van der Waals surface area contributed by atoms with Gasteiger partial charge in [0.2, 0.25) is 0 Å². The Kier molecular flexibility index (Phi) is 4.38. The Morgan fingerprint density at radius 2 is 1.50 bits per heavy atom. The van der Waals surface area contributed by atoms with E-state index in [9.17, 15) is 0 Å². The minimum atomic E-state index is 0.273. The van der Waals surface area contributed by atoms with Crippen molar-refractivity contribution in [2.45, 2.75) is 51.4 Å². The molecule has 0 heterocycles. The molecule has 0 aliphatic heterocycles. The Hall–Kier alpha value is -1.56. The van der Waals surface area contributed by atoms with E-state index >= 15 is 0 Å². The molecule has 0 spiro atoms. The molecule has 0 heteroatoms. The van der Waals surface area contributed by atoms with E-state index in [4.69, 9.17) is 0 Å². The summed E-state index contributed by atoms with van der Waals surface area (Å²) in [7, 11) is 0. The summed E-state index contributed by atoms with van der Waals surface area (Å²) in [6.45, 7) is 7.25. The van der Waals surface area contributed by atoms with Gasteiger partial charge in [-0.3, -0.25) is 0 Å². The molecule has 0 aromatic heterocycles. The van der Waals surface area contributed by atoms with Gasteiger partial charge < -0.3 is 0 Å². The van der Waals surface area contributed by atoms with Crippen molar-refractivity contribution < 1.29 is 0 Å². The van der Waals surface area contributed by atoms with E-state index in [1.807, 2.05) is 0 Å². The summed E-state index contributed by atoms with van der Waals surface area (Å²) in [6.07, 6.45) is 3.95. The van der Waals surface area contributed by atoms with Gasteiger partial charge in [0.25, 0.3) is 0 Å². The molecule has 0 saturated heterocycles. The van der Waals surface area contributed by atoms with E-state index in [-0.39, 0.29) is 5.41 Å². The van der Waals surface area contributed by atoms with Gasteiger partial charge in [-0.1, -0.05) is 81.4 Å². The second kappa shape index (κ2) is 6.28. The van der Waals surface area contributed by atoms with Crippen molar-refractivity contribution in [3.05, 3.63) is 71.8 Å². The van der Waals surface area contributed by atoms with Crippen LogP contribution in [0.25, 0.3) is 0 Å². The largest absolute Gasteiger partial charge is 0.0625 e. The van der Waals surface area contributed by atoms with Crippen LogP contribution < -0.4 is 0 Å². The summed E-state index contributed by atoms with van der Waals surface area (Å²) in [5.41, 5.74) is 3.33. The molecule has 2 aromatic carbocycles. The van der Waals surface area contributed by atoms with Gasteiger partial charge in [-0.2, -0.15) is 0 Å². The van der Waals surface area contributed by atoms with Crippen molar-refractivity contribution in [3.63, 3.8) is 0 Å². The SMILES string of the molecule is CC1CCC(c2ccccc2)(C(C)C)C(c2ccccc2)C1. The zero-order valence-corrected chi connectivity index (χ0v) is 14.1. The van der Waals surface area contributed by atoms with Crippen molar-refractivity contribution in [3.8, 4) is 0 Å². The zero-order chi connectivity index (χ0) is 15.6. The van der Waals surface area contributed by atoms with Crippen LogP contribution in [0.2, 0.25) is 0 Å². The fourth-order valence-electron chi connectivity index (χ4n) is 4.63. The first-order valence-corrected chi connectivity index (χ1v) is 8.75. The average molecular weight is 292 g/mol. The average Bonchev–Trinajstić information content (AvgIpc) is 2.56. The van der Waals surface area contributed by atoms with Crippen LogP contribution in [0, 0.1) is 11.8 Å². The topological polar surface area (TPSA) is 0 Å². The van der Waals surface area contributed by atoms with E-state index < -0.39 is 0 Å². The molecular formula is C22H28. The third kappa shape index (κ3) is 2.60. The molecule has 2 aromatic rings. The van der Waals surface area contributed by atoms with Crippen LogP contribution in [0.15, 0.2) is 60.7 Å². The highest BCUT2D eigenvalue weighted by atomic mass is 14.5. The third-order valence-electron chi connectivity index (χ3n) is 5.85. The molecule has 1 aliphatic rings. The molecule has 0 radical (unpaired) electrons. The fraction of sp³-hybridized carbons (Fsp3) is 0.455. The molecule has 3 unspecified atom stereocenters. The van der Waals surface area contributed by atoms with Crippen LogP contribution in [-0.2, 0) is 5.41 Å². The van der Waals surface area contributed by atoms with E-state index in [2.05, 4.69) is 81.4 Å². The predicted molar refractivity (Wildman–Crippen MR) is 95.2 cm³/mol. The first-order chi connectivity index (χ1) is 10.6. The molecule has 0 amide bonds. The number of rotatable bonds is 3. The summed E-state index contributed by atoms with van der Waals surface area (Å²) >= 11 is 0. The Morgan fingerprint density at radius 3 is 2.09 bits per heavy atom. The zero-order valence-electron chi connectivity index (χ0n) is 14.1. The van der Waals surface area contributed by atoms with Gasteiger partial charge in [-0.25, -0.2) is 0 Å². The van der Waals surface area contributed by atoms with Crippen LogP contribution >= 0.6 is 0 Å². The van der Waals surface area contributed by atoms with Gasteiger partial charge in [0.1, 0.15) is 0 Å². The lowest BCUT2D eigenvalue weighted by Crippen LogP contribution is -2.43. The maximum atomic E-state index is 2.42. The second-order valence-electron chi connectivity index (χ2n) is 7.40. The monoisotopic (exact) mass is 292 g/mol. The van der Waals surface area contributed by atoms with Crippen molar-refractivity contribution in [2.24, 2.45) is 11.8 Å². The summed E-state index contributed by atoms with van der Waals surface area (Å²) in [5, 5.41) is 0. The Morgan fingerprint density at radius 1 is 0.909 bits per heavy atom. The highest BCUT2D eigenvalue weighted by Gasteiger charge is 2.46. The van der Waals surface area contributed by atoms with Crippen LogP contribution in [0.3, 0.4) is 0 Å². The Labute approximate surface area is 135 Å². The van der Waals surface area contributed by atoms with Crippen LogP contribution in [0.5, 0.6) is 0 Å². The minimum absolute atomic E-state index is 0.273. The van der Waals surface area contributed by atoms with Crippen molar-refractivity contribution in [1.29, 1.82) is 0 Å². The molecule has 1 saturated carbocycles. The van der Waals surface area contributed by atoms with Crippen LogP contribution in [-0.4, -0.2) is 0 Å². The molecule has 0 N–H and O–H groups in total. The predicted octanol–water partition coefficient (Wildman–Crippen LogP) is 6.18. The van der Waals surface area contributed by atoms with Gasteiger partial charge in [-0.15, -0.1) is 0 Å². The van der Waals surface area contributed by atoms with E-state index in [1.165, 1.54) is 30.4 Å². The van der Waals surface area contributed by atoms with Crippen LogP contribution in [0.1, 0.15) is 57.1 Å². The van der Waals surface area contributed by atoms with E-state index in [1.54, 1.807) is 0 Å². The molecule has 1 fully saturated rings. The standard InChI is InChI=1S/C22H28/c1-17(2)22(20-12-8-5-9-13-20)15-14-18(3)16-21(22)19-10-6-4-7-11-19/h4-13,17-18,21H,14-16H2,1-3H3. The van der Waals surface area contributed by atoms with Crippen molar-refractivity contribution in [2.75, 3.05) is 0 Å². The van der Waals surface area contributed by atoms with Gasteiger partial charge >= 0.3 is 0 Å². The second-order valence-corrected chi connectivity index (χ2v) is 7.40. The maximum absolute atomic E-state index is 2.42. The molecule has 1 aliphatic carbocycles. The molecule has 3 atom stereocenters. The molecule has 116 valence electrons. The third-order valence-corrected chi connectivity index (χ3v) is 5.85. The first-order valence-electron chi connectivity index (χ1n) is 8.75. The normalized spacial score (nSPS) is 28.7. The van der Waals surface area contributed by atoms with Gasteiger partial charge in [0.15, 0.2) is 0 Å². The molecule has 3 rings (SSSR count). The maximum Gasteiger partial charge on any atom is 0.00447 e. The number of benzene rings is 2. The fourth-order valence-corrected chi connectivity index (χ4v) is 4.63. The Bertz CT molecular complexity index is 584. The summed E-state index contributed by atoms with van der Waals surface area (Å²) < 4.78 is 0. The van der Waals surface area contributed by atoms with Gasteiger partial charge in [0.05, 0.1) is 0 Å². The van der Waals surface area contributed by atoms with Crippen molar-refractivity contribution >= 4 is 0 Å². The number of hydrogen-bond acceptors (Lipinski definition) is 0. The summed E-state index contributed by atoms with van der Waals surface area (Å²) in [4.78, 5) is 0. The lowest BCUT2D eigenvalue weighted by Gasteiger charge is -2.50. The Balaban J connectivity index is 2.13. The van der Waals surface area contributed by atoms with Crippen LogP contribution in [0.4, 0.5) is 0 Å². The lowest BCUT2D eigenvalue weighted by molar-refractivity contribution is 0.147. The van der Waals surface area contributed by atoms with E-state index in [0.29, 0.717) is 11.8 Å².